The largest absolute Gasteiger partial charge is 0.357 e. The molecule has 1 saturated heterocycles. The highest BCUT2D eigenvalue weighted by atomic mass is 32.1. The Kier molecular flexibility index (Phi) is 6.24. The number of para-hydroxylation sites is 1. The Balaban J connectivity index is 1.21. The predicted octanol–water partition coefficient (Wildman–Crippen LogP) is 5.65. The van der Waals surface area contributed by atoms with E-state index in [0.717, 1.165) is 31.3 Å². The van der Waals surface area contributed by atoms with Crippen LogP contribution in [0.15, 0.2) is 72.1 Å². The molecule has 0 bridgehead atoms. The molecule has 2 aromatic heterocycles. The number of aromatic nitrogens is 1. The summed E-state index contributed by atoms with van der Waals surface area (Å²) in [4.78, 5) is 31.5. The first kappa shape index (κ1) is 21.4. The molecule has 5 rings (SSSR count). The topological polar surface area (TPSA) is 77.2 Å². The molecule has 1 aliphatic rings. The van der Waals surface area contributed by atoms with E-state index in [4.69, 9.17) is 0 Å². The third-order valence-corrected chi connectivity index (χ3v) is 6.91. The second kappa shape index (κ2) is 9.60. The first-order valence-corrected chi connectivity index (χ1v) is 12.1. The van der Waals surface area contributed by atoms with Gasteiger partial charge >= 0.3 is 0 Å². The summed E-state index contributed by atoms with van der Waals surface area (Å²) in [6, 6.07) is 21.6. The van der Waals surface area contributed by atoms with Gasteiger partial charge in [0.2, 0.25) is 5.91 Å². The molecule has 1 unspecified atom stereocenters. The minimum Gasteiger partial charge on any atom is -0.357 e. The molecule has 0 radical (unpaired) electrons. The zero-order valence-corrected chi connectivity index (χ0v) is 19.0. The number of benzene rings is 2. The highest BCUT2D eigenvalue weighted by Gasteiger charge is 2.27. The van der Waals surface area contributed by atoms with Crippen molar-refractivity contribution in [2.45, 2.75) is 25.3 Å². The number of carbonyl (C=O) groups excluding carboxylic acids is 2. The molecule has 7 heteroatoms. The van der Waals surface area contributed by atoms with Gasteiger partial charge in [0, 0.05) is 22.6 Å². The van der Waals surface area contributed by atoms with Crippen LogP contribution in [-0.2, 0) is 4.79 Å². The number of rotatable bonds is 6. The number of carbonyl (C=O) groups is 2. The SMILES string of the molecule is O=C(CN1CCCCC1c1cc2ccccc2[nH]1)Nc1ccc(NC(=O)c2cccs2)cc1. The minimum atomic E-state index is -0.130. The second-order valence-electron chi connectivity index (χ2n) is 8.35. The average Bonchev–Trinajstić information content (AvgIpc) is 3.51. The number of likely N-dealkylation sites (tertiary alicyclic amines) is 1. The van der Waals surface area contributed by atoms with Crippen LogP contribution in [0.4, 0.5) is 11.4 Å². The van der Waals surface area contributed by atoms with Gasteiger partial charge in [-0.3, -0.25) is 14.5 Å². The molecule has 6 nitrogen and oxygen atoms in total. The van der Waals surface area contributed by atoms with Crippen LogP contribution in [0.25, 0.3) is 10.9 Å². The maximum atomic E-state index is 12.8. The molecule has 1 aliphatic heterocycles. The van der Waals surface area contributed by atoms with Crippen molar-refractivity contribution in [3.63, 3.8) is 0 Å². The van der Waals surface area contributed by atoms with Crippen molar-refractivity contribution in [2.75, 3.05) is 23.7 Å². The summed E-state index contributed by atoms with van der Waals surface area (Å²) >= 11 is 1.40. The lowest BCUT2D eigenvalue weighted by Crippen LogP contribution is -2.39. The van der Waals surface area contributed by atoms with Crippen LogP contribution in [0.5, 0.6) is 0 Å². The summed E-state index contributed by atoms with van der Waals surface area (Å²) in [6.07, 6.45) is 3.30. The van der Waals surface area contributed by atoms with Gasteiger partial charge in [-0.1, -0.05) is 30.7 Å². The maximum Gasteiger partial charge on any atom is 0.265 e. The lowest BCUT2D eigenvalue weighted by atomic mass is 9.99. The molecule has 1 atom stereocenters. The van der Waals surface area contributed by atoms with Crippen molar-refractivity contribution in [2.24, 2.45) is 0 Å². The highest BCUT2D eigenvalue weighted by Crippen LogP contribution is 2.32. The lowest BCUT2D eigenvalue weighted by molar-refractivity contribution is -0.118. The van der Waals surface area contributed by atoms with Gasteiger partial charge in [0.05, 0.1) is 17.5 Å². The van der Waals surface area contributed by atoms with Gasteiger partial charge in [-0.25, -0.2) is 0 Å². The molecule has 3 heterocycles. The molecule has 1 fully saturated rings. The van der Waals surface area contributed by atoms with Crippen LogP contribution in [0.2, 0.25) is 0 Å². The third-order valence-electron chi connectivity index (χ3n) is 6.04. The summed E-state index contributed by atoms with van der Waals surface area (Å²) in [5.41, 5.74) is 3.72. The predicted molar refractivity (Wildman–Crippen MR) is 134 cm³/mol. The van der Waals surface area contributed by atoms with Crippen LogP contribution in [-0.4, -0.2) is 34.8 Å². The van der Waals surface area contributed by atoms with E-state index in [1.807, 2.05) is 35.7 Å². The number of hydrogen-bond acceptors (Lipinski definition) is 4. The van der Waals surface area contributed by atoms with Gasteiger partial charge in [-0.2, -0.15) is 0 Å². The van der Waals surface area contributed by atoms with E-state index in [-0.39, 0.29) is 17.9 Å². The van der Waals surface area contributed by atoms with Crippen LogP contribution >= 0.6 is 11.3 Å². The van der Waals surface area contributed by atoms with E-state index in [0.29, 0.717) is 22.8 Å². The fourth-order valence-corrected chi connectivity index (χ4v) is 5.05. The summed E-state index contributed by atoms with van der Waals surface area (Å²) in [5.74, 6) is -0.164. The van der Waals surface area contributed by atoms with E-state index in [9.17, 15) is 9.59 Å². The first-order chi connectivity index (χ1) is 16.2. The highest BCUT2D eigenvalue weighted by molar-refractivity contribution is 7.12. The average molecular weight is 459 g/mol. The van der Waals surface area contributed by atoms with Gasteiger partial charge in [-0.05, 0) is 72.6 Å². The van der Waals surface area contributed by atoms with Gasteiger partial charge < -0.3 is 15.6 Å². The van der Waals surface area contributed by atoms with E-state index >= 15 is 0 Å². The van der Waals surface area contributed by atoms with E-state index in [2.05, 4.69) is 38.7 Å². The van der Waals surface area contributed by atoms with Crippen LogP contribution in [0.1, 0.15) is 40.7 Å². The summed E-state index contributed by atoms with van der Waals surface area (Å²) in [5, 5.41) is 8.94. The number of anilines is 2. The van der Waals surface area contributed by atoms with E-state index in [1.165, 1.54) is 22.4 Å². The summed E-state index contributed by atoms with van der Waals surface area (Å²) in [7, 11) is 0. The Morgan fingerprint density at radius 1 is 0.970 bits per heavy atom. The fourth-order valence-electron chi connectivity index (χ4n) is 4.43. The van der Waals surface area contributed by atoms with Crippen molar-refractivity contribution in [3.05, 3.63) is 82.7 Å². The Morgan fingerprint density at radius 2 is 1.76 bits per heavy atom. The smallest absolute Gasteiger partial charge is 0.265 e. The molecule has 3 N–H and O–H groups in total. The van der Waals surface area contributed by atoms with Gasteiger partial charge in [0.15, 0.2) is 0 Å². The Hall–Kier alpha value is -3.42. The van der Waals surface area contributed by atoms with Crippen molar-refractivity contribution in [1.29, 1.82) is 0 Å². The molecule has 2 aromatic carbocycles. The molecule has 0 spiro atoms. The number of piperidine rings is 1. The second-order valence-corrected chi connectivity index (χ2v) is 9.30. The fraction of sp³-hybridized carbons (Fsp3) is 0.231. The molecule has 4 aromatic rings. The summed E-state index contributed by atoms with van der Waals surface area (Å²) < 4.78 is 0. The van der Waals surface area contributed by atoms with Crippen LogP contribution in [0.3, 0.4) is 0 Å². The minimum absolute atomic E-state index is 0.0339. The number of fused-ring (bicyclic) bond motifs is 1. The quantitative estimate of drug-likeness (QED) is 0.350. The molecule has 168 valence electrons. The molecule has 2 amide bonds. The van der Waals surface area contributed by atoms with E-state index < -0.39 is 0 Å². The lowest BCUT2D eigenvalue weighted by Gasteiger charge is -2.34. The Bertz CT molecular complexity index is 1210. The van der Waals surface area contributed by atoms with Crippen LogP contribution in [0, 0.1) is 0 Å². The van der Waals surface area contributed by atoms with Gasteiger partial charge in [-0.15, -0.1) is 11.3 Å². The van der Waals surface area contributed by atoms with Crippen molar-refractivity contribution in [3.8, 4) is 0 Å². The summed E-state index contributed by atoms with van der Waals surface area (Å²) in [6.45, 7) is 1.25. The molecule has 0 aliphatic carbocycles. The number of aromatic amines is 1. The molecular weight excluding hydrogens is 432 g/mol. The Labute approximate surface area is 196 Å². The van der Waals surface area contributed by atoms with E-state index in [1.54, 1.807) is 18.2 Å². The zero-order chi connectivity index (χ0) is 22.6. The zero-order valence-electron chi connectivity index (χ0n) is 18.2. The number of H-pyrrole nitrogens is 1. The van der Waals surface area contributed by atoms with Crippen LogP contribution < -0.4 is 10.6 Å². The van der Waals surface area contributed by atoms with Crippen molar-refractivity contribution < 1.29 is 9.59 Å². The van der Waals surface area contributed by atoms with Crippen molar-refractivity contribution in [1.82, 2.24) is 9.88 Å². The van der Waals surface area contributed by atoms with Gasteiger partial charge in [0.25, 0.3) is 5.91 Å². The number of nitrogens with one attached hydrogen (secondary N) is 3. The molecule has 0 saturated carbocycles. The number of hydrogen-bond donors (Lipinski definition) is 3. The number of amides is 2. The molecule has 33 heavy (non-hydrogen) atoms. The molecular formula is C26H26N4O2S. The Morgan fingerprint density at radius 3 is 2.52 bits per heavy atom. The first-order valence-electron chi connectivity index (χ1n) is 11.2. The van der Waals surface area contributed by atoms with Gasteiger partial charge in [0.1, 0.15) is 0 Å². The number of thiophene rings is 1. The normalized spacial score (nSPS) is 16.5. The number of nitrogens with zero attached hydrogens (tertiary/aromatic N) is 1. The van der Waals surface area contributed by atoms with Crippen molar-refractivity contribution >= 4 is 45.4 Å². The standard InChI is InChI=1S/C26H26N4O2S/c31-25(27-19-10-12-20(13-11-19)28-26(32)24-9-5-15-33-24)17-30-14-4-3-8-23(30)22-16-18-6-1-2-7-21(18)29-22/h1-2,5-7,9-13,15-16,23,29H,3-4,8,14,17H2,(H,27,31)(H,28,32). The maximum absolute atomic E-state index is 12.8. The monoisotopic (exact) mass is 458 g/mol. The third kappa shape index (κ3) is 4.99.